The van der Waals surface area contributed by atoms with E-state index in [9.17, 15) is 18.0 Å². The number of halogens is 1. The summed E-state index contributed by atoms with van der Waals surface area (Å²) in [6, 6.07) is 3.50. The molecule has 1 aromatic carbocycles. The van der Waals surface area contributed by atoms with Gasteiger partial charge in [-0.05, 0) is 59.3 Å². The summed E-state index contributed by atoms with van der Waals surface area (Å²) in [5.74, 6) is -0.448. The number of benzene rings is 1. The second kappa shape index (κ2) is 9.51. The van der Waals surface area contributed by atoms with E-state index in [2.05, 4.69) is 36.7 Å². The van der Waals surface area contributed by atoms with Crippen LogP contribution in [-0.2, 0) is 26.2 Å². The standard InChI is InChI=1S/C21H27BrN6O4S/c1-3-14-11-27(12-15-10-23-26-25-15)21(30)20-6-4-5-19(14)28(20)33(31,32)16-7-8-18(17(22)9-16)24-13(2)29/h7-10,14,19-20H,3-6,11-12H2,1-2H3,(H,24,29)(H,23,25,26)/t14-,19?,20?/m0/s1. The number of anilines is 1. The van der Waals surface area contributed by atoms with E-state index in [0.717, 1.165) is 12.8 Å². The Hall–Kier alpha value is -2.31. The summed E-state index contributed by atoms with van der Waals surface area (Å²) in [6.45, 7) is 4.18. The lowest BCUT2D eigenvalue weighted by molar-refractivity contribution is -0.135. The van der Waals surface area contributed by atoms with E-state index < -0.39 is 16.1 Å². The number of aromatic amines is 1. The van der Waals surface area contributed by atoms with Gasteiger partial charge in [-0.2, -0.15) is 19.7 Å². The lowest BCUT2D eigenvalue weighted by Crippen LogP contribution is -2.54. The molecular formula is C21H27BrN6O4S. The molecule has 1 aromatic heterocycles. The number of fused-ring (bicyclic) bond motifs is 2. The van der Waals surface area contributed by atoms with Crippen molar-refractivity contribution in [2.24, 2.45) is 5.92 Å². The Morgan fingerprint density at radius 2 is 2.12 bits per heavy atom. The van der Waals surface area contributed by atoms with Crippen molar-refractivity contribution >= 4 is 43.5 Å². The van der Waals surface area contributed by atoms with Crippen LogP contribution >= 0.6 is 15.9 Å². The highest BCUT2D eigenvalue weighted by Crippen LogP contribution is 2.39. The van der Waals surface area contributed by atoms with Crippen LogP contribution in [0.3, 0.4) is 0 Å². The Balaban J connectivity index is 1.72. The molecule has 3 heterocycles. The number of piperidine rings is 1. The van der Waals surface area contributed by atoms with E-state index in [0.29, 0.717) is 41.8 Å². The van der Waals surface area contributed by atoms with Crippen LogP contribution in [0.1, 0.15) is 45.2 Å². The molecule has 2 aromatic rings. The van der Waals surface area contributed by atoms with Crippen LogP contribution < -0.4 is 5.32 Å². The molecule has 0 aliphatic carbocycles. The molecule has 2 aliphatic heterocycles. The maximum absolute atomic E-state index is 13.9. The molecule has 178 valence electrons. The van der Waals surface area contributed by atoms with Gasteiger partial charge < -0.3 is 10.2 Å². The first-order valence-corrected chi connectivity index (χ1v) is 13.2. The predicted octanol–water partition coefficient (Wildman–Crippen LogP) is 2.51. The van der Waals surface area contributed by atoms with E-state index in [1.54, 1.807) is 17.2 Å². The van der Waals surface area contributed by atoms with Crippen LogP contribution in [-0.4, -0.2) is 63.5 Å². The van der Waals surface area contributed by atoms with Gasteiger partial charge in [0.25, 0.3) is 0 Å². The van der Waals surface area contributed by atoms with Crippen LogP contribution in [0, 0.1) is 5.92 Å². The Morgan fingerprint density at radius 1 is 1.33 bits per heavy atom. The molecule has 2 fully saturated rings. The van der Waals surface area contributed by atoms with Gasteiger partial charge in [0.15, 0.2) is 0 Å². The molecule has 10 nitrogen and oxygen atoms in total. The number of hydrogen-bond acceptors (Lipinski definition) is 6. The van der Waals surface area contributed by atoms with Crippen molar-refractivity contribution < 1.29 is 18.0 Å². The van der Waals surface area contributed by atoms with E-state index in [1.165, 1.54) is 23.4 Å². The van der Waals surface area contributed by atoms with Crippen molar-refractivity contribution in [3.8, 4) is 0 Å². The number of sulfonamides is 1. The maximum Gasteiger partial charge on any atom is 0.244 e. The fraction of sp³-hybridized carbons (Fsp3) is 0.524. The number of aromatic nitrogens is 3. The average Bonchev–Trinajstić information content (AvgIpc) is 3.27. The fourth-order valence-electron chi connectivity index (χ4n) is 4.84. The normalized spacial score (nSPS) is 23.9. The highest BCUT2D eigenvalue weighted by Gasteiger charge is 2.49. The SMILES string of the molecule is CC[C@H]1CN(Cc2cn[nH]n2)C(=O)C2CCCC1N2S(=O)(=O)c1ccc(NC(C)=O)c(Br)c1. The third-order valence-corrected chi connectivity index (χ3v) is 8.96. The van der Waals surface area contributed by atoms with Gasteiger partial charge in [-0.25, -0.2) is 8.42 Å². The molecule has 0 radical (unpaired) electrons. The number of carbonyl (C=O) groups excluding carboxylic acids is 2. The minimum Gasteiger partial charge on any atom is -0.335 e. The van der Waals surface area contributed by atoms with Crippen molar-refractivity contribution in [3.05, 3.63) is 34.6 Å². The van der Waals surface area contributed by atoms with E-state index in [-0.39, 0.29) is 28.7 Å². The molecule has 2 amide bonds. The number of nitrogens with one attached hydrogen (secondary N) is 2. The van der Waals surface area contributed by atoms with Crippen LogP contribution in [0.2, 0.25) is 0 Å². The first-order chi connectivity index (χ1) is 15.7. The third kappa shape index (κ3) is 4.69. The minimum atomic E-state index is -3.96. The summed E-state index contributed by atoms with van der Waals surface area (Å²) < 4.78 is 29.7. The zero-order valence-electron chi connectivity index (χ0n) is 18.5. The fourth-order valence-corrected chi connectivity index (χ4v) is 7.39. The van der Waals surface area contributed by atoms with Gasteiger partial charge in [0.05, 0.1) is 23.3 Å². The third-order valence-electron chi connectivity index (χ3n) is 6.38. The van der Waals surface area contributed by atoms with Crippen molar-refractivity contribution in [1.82, 2.24) is 24.6 Å². The van der Waals surface area contributed by atoms with Crippen molar-refractivity contribution in [2.45, 2.75) is 63.1 Å². The second-order valence-electron chi connectivity index (χ2n) is 8.52. The highest BCUT2D eigenvalue weighted by molar-refractivity contribution is 9.10. The van der Waals surface area contributed by atoms with Crippen molar-refractivity contribution in [1.29, 1.82) is 0 Å². The molecule has 2 aliphatic rings. The van der Waals surface area contributed by atoms with Crippen LogP contribution in [0.25, 0.3) is 0 Å². The summed E-state index contributed by atoms with van der Waals surface area (Å²) >= 11 is 3.36. The zero-order valence-corrected chi connectivity index (χ0v) is 20.9. The summed E-state index contributed by atoms with van der Waals surface area (Å²) in [5, 5.41) is 13.1. The van der Waals surface area contributed by atoms with Crippen LogP contribution in [0.4, 0.5) is 5.69 Å². The van der Waals surface area contributed by atoms with Gasteiger partial charge in [0.1, 0.15) is 11.7 Å². The number of rotatable bonds is 6. The van der Waals surface area contributed by atoms with Gasteiger partial charge in [-0.1, -0.05) is 13.3 Å². The Morgan fingerprint density at radius 3 is 2.76 bits per heavy atom. The quantitative estimate of drug-likeness (QED) is 0.581. The zero-order chi connectivity index (χ0) is 23.8. The predicted molar refractivity (Wildman–Crippen MR) is 124 cm³/mol. The molecule has 0 spiro atoms. The first kappa shape index (κ1) is 23.8. The largest absolute Gasteiger partial charge is 0.335 e. The summed E-state index contributed by atoms with van der Waals surface area (Å²) in [7, 11) is -3.96. The molecule has 2 saturated heterocycles. The molecule has 2 N–H and O–H groups in total. The van der Waals surface area contributed by atoms with Gasteiger partial charge in [-0.15, -0.1) is 0 Å². The number of carbonyl (C=O) groups is 2. The van der Waals surface area contributed by atoms with Gasteiger partial charge in [0.2, 0.25) is 21.8 Å². The number of amides is 2. The molecule has 33 heavy (non-hydrogen) atoms. The van der Waals surface area contributed by atoms with E-state index in [1.807, 2.05) is 6.92 Å². The van der Waals surface area contributed by atoms with Crippen molar-refractivity contribution in [2.75, 3.05) is 11.9 Å². The molecular weight excluding hydrogens is 512 g/mol. The average molecular weight is 539 g/mol. The Kier molecular flexibility index (Phi) is 6.87. The first-order valence-electron chi connectivity index (χ1n) is 11.0. The molecule has 0 saturated carbocycles. The Labute approximate surface area is 201 Å². The molecule has 4 rings (SSSR count). The second-order valence-corrected chi connectivity index (χ2v) is 11.2. The van der Waals surface area contributed by atoms with Gasteiger partial charge >= 0.3 is 0 Å². The van der Waals surface area contributed by atoms with E-state index >= 15 is 0 Å². The lowest BCUT2D eigenvalue weighted by Gasteiger charge is -2.40. The number of hydrogen-bond donors (Lipinski definition) is 2. The summed E-state index contributed by atoms with van der Waals surface area (Å²) in [5.41, 5.74) is 1.13. The Bertz CT molecular complexity index is 1140. The summed E-state index contributed by atoms with van der Waals surface area (Å²) in [4.78, 5) is 26.8. The maximum atomic E-state index is 13.9. The lowest BCUT2D eigenvalue weighted by atomic mass is 9.89. The topological polar surface area (TPSA) is 128 Å². The van der Waals surface area contributed by atoms with E-state index in [4.69, 9.17) is 0 Å². The molecule has 2 unspecified atom stereocenters. The minimum absolute atomic E-state index is 0.00280. The number of H-pyrrole nitrogens is 1. The summed E-state index contributed by atoms with van der Waals surface area (Å²) in [6.07, 6.45) is 4.31. The van der Waals surface area contributed by atoms with Crippen molar-refractivity contribution in [3.63, 3.8) is 0 Å². The molecule has 2 bridgehead atoms. The molecule has 3 atom stereocenters. The van der Waals surface area contributed by atoms with Crippen LogP contribution in [0.5, 0.6) is 0 Å². The number of nitrogens with zero attached hydrogens (tertiary/aromatic N) is 4. The smallest absolute Gasteiger partial charge is 0.244 e. The van der Waals surface area contributed by atoms with Gasteiger partial charge in [-0.3, -0.25) is 9.59 Å². The van der Waals surface area contributed by atoms with Crippen LogP contribution in [0.15, 0.2) is 33.8 Å². The van der Waals surface area contributed by atoms with Gasteiger partial charge in [0, 0.05) is 24.0 Å². The monoisotopic (exact) mass is 538 g/mol. The highest BCUT2D eigenvalue weighted by atomic mass is 79.9. The molecule has 12 heteroatoms.